The number of carbonyl (C=O) groups is 1. The molecule has 0 aliphatic carbocycles. The molecule has 1 unspecified atom stereocenters. The number of thiocarbonyl (C=S) groups is 1. The number of ketones is 1. The van der Waals surface area contributed by atoms with Crippen molar-refractivity contribution in [1.29, 1.82) is 0 Å². The van der Waals surface area contributed by atoms with Crippen LogP contribution in [0.1, 0.15) is 85.1 Å². The van der Waals surface area contributed by atoms with Crippen molar-refractivity contribution >= 4 is 34.7 Å². The largest absolute Gasteiger partial charge is 0.381 e. The maximum absolute atomic E-state index is 12.9. The number of nitrogens with zero attached hydrogens (tertiary/aromatic N) is 4. The summed E-state index contributed by atoms with van der Waals surface area (Å²) in [5.41, 5.74) is 3.75. The second-order valence-electron chi connectivity index (χ2n) is 11.8. The zero-order valence-corrected chi connectivity index (χ0v) is 25.7. The first-order chi connectivity index (χ1) is 19.3. The summed E-state index contributed by atoms with van der Waals surface area (Å²) in [5.74, 6) is 0.175. The SMILES string of the molecule is Cc1cc(Cl)nc(C)c1C(=O)CCCC(C)N1CCC(N2C(=S)N(C3CCOCC3)C[C@H]2c2ccccc2)CC1. The highest BCUT2D eigenvalue weighted by atomic mass is 35.5. The van der Waals surface area contributed by atoms with Gasteiger partial charge in [-0.1, -0.05) is 41.9 Å². The maximum atomic E-state index is 12.9. The van der Waals surface area contributed by atoms with E-state index in [1.165, 1.54) is 5.56 Å². The number of benzene rings is 1. The Morgan fingerprint density at radius 3 is 2.48 bits per heavy atom. The molecule has 216 valence electrons. The fourth-order valence-corrected chi connectivity index (χ4v) is 7.75. The molecule has 3 aliphatic heterocycles. The molecule has 0 N–H and O–H groups in total. The Hall–Kier alpha value is -2.06. The summed E-state index contributed by atoms with van der Waals surface area (Å²) in [4.78, 5) is 24.9. The van der Waals surface area contributed by atoms with Gasteiger partial charge in [0.15, 0.2) is 10.9 Å². The third kappa shape index (κ3) is 6.53. The maximum Gasteiger partial charge on any atom is 0.172 e. The second-order valence-corrected chi connectivity index (χ2v) is 12.5. The fraction of sp³-hybridized carbons (Fsp3) is 0.594. The van der Waals surface area contributed by atoms with Gasteiger partial charge in [0, 0.05) is 63.0 Å². The number of halogens is 1. The molecular formula is C32H43ClN4O2S. The van der Waals surface area contributed by atoms with Gasteiger partial charge in [-0.3, -0.25) is 4.79 Å². The molecule has 3 aliphatic rings. The summed E-state index contributed by atoms with van der Waals surface area (Å²) in [7, 11) is 0. The summed E-state index contributed by atoms with van der Waals surface area (Å²) in [5, 5.41) is 1.48. The Kier molecular flexibility index (Phi) is 9.77. The van der Waals surface area contributed by atoms with Crippen LogP contribution in [0.15, 0.2) is 36.4 Å². The first kappa shape index (κ1) is 29.4. The van der Waals surface area contributed by atoms with Crippen molar-refractivity contribution in [2.75, 3.05) is 32.8 Å². The van der Waals surface area contributed by atoms with Crippen LogP contribution in [0.5, 0.6) is 0 Å². The van der Waals surface area contributed by atoms with Gasteiger partial charge < -0.3 is 19.4 Å². The van der Waals surface area contributed by atoms with Crippen molar-refractivity contribution in [1.82, 2.24) is 19.7 Å². The smallest absolute Gasteiger partial charge is 0.172 e. The predicted octanol–water partition coefficient (Wildman–Crippen LogP) is 6.38. The summed E-state index contributed by atoms with van der Waals surface area (Å²) < 4.78 is 5.65. The summed E-state index contributed by atoms with van der Waals surface area (Å²) in [6, 6.07) is 14.4. The summed E-state index contributed by atoms with van der Waals surface area (Å²) in [6.45, 7) is 10.9. The van der Waals surface area contributed by atoms with E-state index in [0.717, 1.165) is 93.3 Å². The lowest BCUT2D eigenvalue weighted by Crippen LogP contribution is -2.50. The first-order valence-corrected chi connectivity index (χ1v) is 15.7. The van der Waals surface area contributed by atoms with E-state index in [-0.39, 0.29) is 5.78 Å². The Balaban J connectivity index is 1.16. The van der Waals surface area contributed by atoms with Crippen LogP contribution in [0.2, 0.25) is 5.15 Å². The number of Topliss-reactive ketones (excluding diaryl/α,β-unsaturated/α-hetero) is 1. The number of ether oxygens (including phenoxy) is 1. The van der Waals surface area contributed by atoms with Gasteiger partial charge in [0.2, 0.25) is 0 Å². The predicted molar refractivity (Wildman–Crippen MR) is 165 cm³/mol. The molecule has 1 aromatic carbocycles. The zero-order valence-electron chi connectivity index (χ0n) is 24.2. The fourth-order valence-electron chi connectivity index (χ4n) is 6.96. The molecular weight excluding hydrogens is 540 g/mol. The van der Waals surface area contributed by atoms with E-state index in [0.29, 0.717) is 35.7 Å². The molecule has 40 heavy (non-hydrogen) atoms. The molecule has 3 saturated heterocycles. The topological polar surface area (TPSA) is 48.9 Å². The number of pyridine rings is 1. The normalized spacial score (nSPS) is 22.2. The zero-order chi connectivity index (χ0) is 28.2. The number of rotatable bonds is 9. The van der Waals surface area contributed by atoms with Crippen molar-refractivity contribution in [2.24, 2.45) is 0 Å². The van der Waals surface area contributed by atoms with Crippen LogP contribution in [0.4, 0.5) is 0 Å². The van der Waals surface area contributed by atoms with Crippen LogP contribution < -0.4 is 0 Å². The Morgan fingerprint density at radius 2 is 1.80 bits per heavy atom. The lowest BCUT2D eigenvalue weighted by molar-refractivity contribution is 0.0574. The summed E-state index contributed by atoms with van der Waals surface area (Å²) in [6.07, 6.45) is 6.79. The molecule has 5 rings (SSSR count). The van der Waals surface area contributed by atoms with E-state index in [1.807, 2.05) is 13.8 Å². The first-order valence-electron chi connectivity index (χ1n) is 15.0. The molecule has 1 aromatic heterocycles. The minimum Gasteiger partial charge on any atom is -0.381 e. The van der Waals surface area contributed by atoms with Crippen LogP contribution in [-0.4, -0.2) is 81.6 Å². The van der Waals surface area contributed by atoms with E-state index >= 15 is 0 Å². The molecule has 6 nitrogen and oxygen atoms in total. The van der Waals surface area contributed by atoms with E-state index in [4.69, 9.17) is 28.6 Å². The van der Waals surface area contributed by atoms with Gasteiger partial charge in [0.1, 0.15) is 5.15 Å². The molecule has 0 spiro atoms. The molecule has 0 amide bonds. The minimum atomic E-state index is 0.175. The molecule has 4 heterocycles. The standard InChI is InChI=1S/C32H43ClN4O2S/c1-22-20-30(33)34-24(3)31(22)29(38)11-7-8-23(2)35-16-12-27(13-17-35)37-28(25-9-5-4-6-10-25)21-36(32(37)40)26-14-18-39-19-15-26/h4-6,9-10,20,23,26-28H,7-8,11-19,21H2,1-3H3/t23?,28-/m0/s1. The number of aromatic nitrogens is 1. The number of aryl methyl sites for hydroxylation is 2. The van der Waals surface area contributed by atoms with E-state index in [9.17, 15) is 4.79 Å². The third-order valence-electron chi connectivity index (χ3n) is 9.17. The van der Waals surface area contributed by atoms with Crippen molar-refractivity contribution in [3.05, 3.63) is 63.9 Å². The van der Waals surface area contributed by atoms with Crippen molar-refractivity contribution in [2.45, 2.75) is 89.9 Å². The van der Waals surface area contributed by atoms with Crippen molar-refractivity contribution < 1.29 is 9.53 Å². The highest BCUT2D eigenvalue weighted by molar-refractivity contribution is 7.80. The lowest BCUT2D eigenvalue weighted by atomic mass is 9.96. The molecule has 2 atom stereocenters. The van der Waals surface area contributed by atoms with Crippen LogP contribution >= 0.6 is 23.8 Å². The monoisotopic (exact) mass is 582 g/mol. The van der Waals surface area contributed by atoms with E-state index < -0.39 is 0 Å². The average molecular weight is 583 g/mol. The molecule has 0 radical (unpaired) electrons. The van der Waals surface area contributed by atoms with Gasteiger partial charge in [-0.2, -0.15) is 0 Å². The van der Waals surface area contributed by atoms with Gasteiger partial charge in [0.05, 0.1) is 11.7 Å². The molecule has 3 fully saturated rings. The van der Waals surface area contributed by atoms with Crippen LogP contribution in [0.25, 0.3) is 0 Å². The lowest BCUT2D eigenvalue weighted by Gasteiger charge is -2.42. The number of likely N-dealkylation sites (tertiary alicyclic amines) is 1. The van der Waals surface area contributed by atoms with Gasteiger partial charge >= 0.3 is 0 Å². The molecule has 8 heteroatoms. The molecule has 2 aromatic rings. The highest BCUT2D eigenvalue weighted by Gasteiger charge is 2.43. The highest BCUT2D eigenvalue weighted by Crippen LogP contribution is 2.37. The number of hydrogen-bond acceptors (Lipinski definition) is 5. The van der Waals surface area contributed by atoms with Crippen molar-refractivity contribution in [3.8, 4) is 0 Å². The number of carbonyl (C=O) groups excluding carboxylic acids is 1. The van der Waals surface area contributed by atoms with Gasteiger partial charge in [0.25, 0.3) is 0 Å². The average Bonchev–Trinajstić information content (AvgIpc) is 3.30. The molecule has 0 saturated carbocycles. The third-order valence-corrected chi connectivity index (χ3v) is 9.81. The van der Waals surface area contributed by atoms with E-state index in [2.05, 4.69) is 56.9 Å². The van der Waals surface area contributed by atoms with E-state index in [1.54, 1.807) is 6.07 Å². The number of hydrogen-bond donors (Lipinski definition) is 0. The molecule has 0 bridgehead atoms. The second kappa shape index (κ2) is 13.3. The van der Waals surface area contributed by atoms with Gasteiger partial charge in [-0.15, -0.1) is 0 Å². The summed E-state index contributed by atoms with van der Waals surface area (Å²) >= 11 is 12.2. The number of piperidine rings is 1. The van der Waals surface area contributed by atoms with Crippen LogP contribution in [0.3, 0.4) is 0 Å². The Morgan fingerprint density at radius 1 is 1.10 bits per heavy atom. The van der Waals surface area contributed by atoms with Gasteiger partial charge in [-0.05, 0) is 88.7 Å². The quantitative estimate of drug-likeness (QED) is 0.193. The van der Waals surface area contributed by atoms with Gasteiger partial charge in [-0.25, -0.2) is 4.98 Å². The van der Waals surface area contributed by atoms with Crippen molar-refractivity contribution in [3.63, 3.8) is 0 Å². The minimum absolute atomic E-state index is 0.175. The van der Waals surface area contributed by atoms with Crippen LogP contribution in [-0.2, 0) is 4.74 Å². The van der Waals surface area contributed by atoms with Crippen LogP contribution in [0, 0.1) is 13.8 Å². The Bertz CT molecular complexity index is 1160. The Labute approximate surface area is 250 Å².